The number of anilines is 1. The van der Waals surface area contributed by atoms with Gasteiger partial charge in [0.15, 0.2) is 5.11 Å². The zero-order valence-electron chi connectivity index (χ0n) is 10.2. The van der Waals surface area contributed by atoms with E-state index in [0.29, 0.717) is 18.1 Å². The van der Waals surface area contributed by atoms with E-state index in [-0.39, 0.29) is 0 Å². The topological polar surface area (TPSA) is 61.0 Å². The Morgan fingerprint density at radius 3 is 2.68 bits per heavy atom. The first-order valence-corrected chi connectivity index (χ1v) is 6.22. The fourth-order valence-corrected chi connectivity index (χ4v) is 1.74. The van der Waals surface area contributed by atoms with Gasteiger partial charge in [-0.25, -0.2) is 0 Å². The largest absolute Gasteiger partial charge is 0.467 e. The molecule has 1 aromatic heterocycles. The minimum absolute atomic E-state index is 0.418. The van der Waals surface area contributed by atoms with E-state index in [2.05, 4.69) is 16.7 Å². The van der Waals surface area contributed by atoms with Crippen molar-refractivity contribution < 1.29 is 4.42 Å². The second-order valence-corrected chi connectivity index (χ2v) is 4.33. The van der Waals surface area contributed by atoms with Crippen LogP contribution in [0.3, 0.4) is 0 Å². The molecule has 2 N–H and O–H groups in total. The number of nitriles is 1. The van der Waals surface area contributed by atoms with Crippen LogP contribution in [0.1, 0.15) is 11.3 Å². The molecule has 2 aromatic rings. The maximum Gasteiger partial charge on any atom is 0.171 e. The Labute approximate surface area is 117 Å². The normalized spacial score (nSPS) is 9.63. The molecule has 1 aromatic carbocycles. The number of rotatable bonds is 4. The molecule has 0 bridgehead atoms. The molecular formula is C14H13N3OS. The Morgan fingerprint density at radius 2 is 2.05 bits per heavy atom. The van der Waals surface area contributed by atoms with Crippen LogP contribution < -0.4 is 10.6 Å². The van der Waals surface area contributed by atoms with Crippen molar-refractivity contribution in [2.75, 3.05) is 5.32 Å². The van der Waals surface area contributed by atoms with Gasteiger partial charge in [-0.15, -0.1) is 0 Å². The standard InChI is InChI=1S/C14H13N3OS/c15-8-7-11-3-5-12(6-4-11)17-14(19)16-10-13-2-1-9-18-13/h1-6,9H,7,10H2,(H2,16,17,19). The first kappa shape index (κ1) is 13.1. The maximum atomic E-state index is 8.59. The lowest BCUT2D eigenvalue weighted by Gasteiger charge is -2.09. The number of hydrogen-bond donors (Lipinski definition) is 2. The SMILES string of the molecule is N#CCc1ccc(NC(=S)NCc2ccco2)cc1. The summed E-state index contributed by atoms with van der Waals surface area (Å²) in [5.74, 6) is 0.827. The Morgan fingerprint density at radius 1 is 1.26 bits per heavy atom. The first-order valence-electron chi connectivity index (χ1n) is 5.81. The molecule has 0 aliphatic heterocycles. The summed E-state index contributed by atoms with van der Waals surface area (Å²) in [5.41, 5.74) is 1.88. The molecule has 19 heavy (non-hydrogen) atoms. The molecule has 0 unspecified atom stereocenters. The van der Waals surface area contributed by atoms with Crippen LogP contribution in [0.5, 0.6) is 0 Å². The smallest absolute Gasteiger partial charge is 0.171 e. The number of nitrogens with one attached hydrogen (secondary N) is 2. The zero-order valence-corrected chi connectivity index (χ0v) is 11.0. The van der Waals surface area contributed by atoms with Gasteiger partial charge in [-0.05, 0) is 42.0 Å². The van der Waals surface area contributed by atoms with Crippen molar-refractivity contribution in [3.8, 4) is 6.07 Å². The Kier molecular flexibility index (Phi) is 4.54. The summed E-state index contributed by atoms with van der Waals surface area (Å²) in [6.07, 6.45) is 2.04. The fourth-order valence-electron chi connectivity index (χ4n) is 1.55. The Balaban J connectivity index is 1.83. The Bertz CT molecular complexity index is 570. The quantitative estimate of drug-likeness (QED) is 0.837. The number of furan rings is 1. The van der Waals surface area contributed by atoms with Crippen molar-refractivity contribution in [3.63, 3.8) is 0 Å². The van der Waals surface area contributed by atoms with E-state index in [1.54, 1.807) is 6.26 Å². The predicted octanol–water partition coefficient (Wildman–Crippen LogP) is 2.83. The number of benzene rings is 1. The van der Waals surface area contributed by atoms with E-state index in [9.17, 15) is 0 Å². The number of hydrogen-bond acceptors (Lipinski definition) is 3. The molecule has 0 aliphatic carbocycles. The highest BCUT2D eigenvalue weighted by atomic mass is 32.1. The van der Waals surface area contributed by atoms with Gasteiger partial charge in [-0.3, -0.25) is 0 Å². The van der Waals surface area contributed by atoms with Crippen molar-refractivity contribution in [2.45, 2.75) is 13.0 Å². The van der Waals surface area contributed by atoms with Gasteiger partial charge in [0.1, 0.15) is 5.76 Å². The molecule has 4 nitrogen and oxygen atoms in total. The molecule has 0 fully saturated rings. The molecule has 0 amide bonds. The van der Waals surface area contributed by atoms with E-state index in [0.717, 1.165) is 17.0 Å². The number of thiocarbonyl (C=S) groups is 1. The second-order valence-electron chi connectivity index (χ2n) is 3.92. The molecule has 2 rings (SSSR count). The van der Waals surface area contributed by atoms with Crippen LogP contribution in [-0.4, -0.2) is 5.11 Å². The molecule has 5 heteroatoms. The summed E-state index contributed by atoms with van der Waals surface area (Å²) in [6.45, 7) is 0.547. The molecule has 96 valence electrons. The third kappa shape index (κ3) is 4.12. The van der Waals surface area contributed by atoms with Gasteiger partial charge in [0.05, 0.1) is 25.3 Å². The monoisotopic (exact) mass is 271 g/mol. The minimum atomic E-state index is 0.418. The molecule has 0 radical (unpaired) electrons. The van der Waals surface area contributed by atoms with Gasteiger partial charge in [-0.1, -0.05) is 12.1 Å². The average molecular weight is 271 g/mol. The first-order chi connectivity index (χ1) is 9.28. The van der Waals surface area contributed by atoms with Gasteiger partial charge < -0.3 is 15.1 Å². The summed E-state index contributed by atoms with van der Waals surface area (Å²) < 4.78 is 5.20. The van der Waals surface area contributed by atoms with Crippen molar-refractivity contribution in [1.82, 2.24) is 5.32 Å². The molecule has 1 heterocycles. The summed E-state index contributed by atoms with van der Waals surface area (Å²) in [6, 6.07) is 13.4. The summed E-state index contributed by atoms with van der Waals surface area (Å²) in [5, 5.41) is 15.2. The van der Waals surface area contributed by atoms with Crippen LogP contribution in [0.15, 0.2) is 47.1 Å². The fraction of sp³-hybridized carbons (Fsp3) is 0.143. The minimum Gasteiger partial charge on any atom is -0.467 e. The summed E-state index contributed by atoms with van der Waals surface area (Å²) in [4.78, 5) is 0. The third-order valence-corrected chi connectivity index (χ3v) is 2.74. The molecule has 0 atom stereocenters. The highest BCUT2D eigenvalue weighted by Crippen LogP contribution is 2.09. The van der Waals surface area contributed by atoms with E-state index in [4.69, 9.17) is 21.9 Å². The average Bonchev–Trinajstić information content (AvgIpc) is 2.92. The lowest BCUT2D eigenvalue weighted by Crippen LogP contribution is -2.27. The van der Waals surface area contributed by atoms with Gasteiger partial charge in [0.25, 0.3) is 0 Å². The second kappa shape index (κ2) is 6.57. The molecule has 0 spiro atoms. The lowest BCUT2D eigenvalue weighted by molar-refractivity contribution is 0.503. The highest BCUT2D eigenvalue weighted by molar-refractivity contribution is 7.80. The van der Waals surface area contributed by atoms with Crippen LogP contribution in [0.2, 0.25) is 0 Å². The van der Waals surface area contributed by atoms with Crippen molar-refractivity contribution in [1.29, 1.82) is 5.26 Å². The van der Waals surface area contributed by atoms with E-state index in [1.165, 1.54) is 0 Å². The van der Waals surface area contributed by atoms with Crippen molar-refractivity contribution in [2.24, 2.45) is 0 Å². The van der Waals surface area contributed by atoms with Gasteiger partial charge in [-0.2, -0.15) is 5.26 Å². The predicted molar refractivity (Wildman–Crippen MR) is 77.5 cm³/mol. The van der Waals surface area contributed by atoms with E-state index >= 15 is 0 Å². The van der Waals surface area contributed by atoms with E-state index in [1.807, 2.05) is 36.4 Å². The van der Waals surface area contributed by atoms with E-state index < -0.39 is 0 Å². The van der Waals surface area contributed by atoms with Crippen molar-refractivity contribution in [3.05, 3.63) is 54.0 Å². The van der Waals surface area contributed by atoms with Crippen LogP contribution in [0, 0.1) is 11.3 Å². The number of nitrogens with zero attached hydrogens (tertiary/aromatic N) is 1. The third-order valence-electron chi connectivity index (χ3n) is 2.50. The van der Waals surface area contributed by atoms with Crippen molar-refractivity contribution >= 4 is 23.0 Å². The molecule has 0 saturated heterocycles. The Hall–Kier alpha value is -2.32. The van der Waals surface area contributed by atoms with Gasteiger partial charge in [0, 0.05) is 5.69 Å². The van der Waals surface area contributed by atoms with Crippen LogP contribution in [0.25, 0.3) is 0 Å². The highest BCUT2D eigenvalue weighted by Gasteiger charge is 2.00. The summed E-state index contributed by atoms with van der Waals surface area (Å²) in [7, 11) is 0. The molecule has 0 saturated carbocycles. The summed E-state index contributed by atoms with van der Waals surface area (Å²) >= 11 is 5.18. The van der Waals surface area contributed by atoms with Crippen LogP contribution >= 0.6 is 12.2 Å². The molecular weight excluding hydrogens is 258 g/mol. The van der Waals surface area contributed by atoms with Gasteiger partial charge in [0.2, 0.25) is 0 Å². The maximum absolute atomic E-state index is 8.59. The zero-order chi connectivity index (χ0) is 13.5. The van der Waals surface area contributed by atoms with Crippen LogP contribution in [0.4, 0.5) is 5.69 Å². The lowest BCUT2D eigenvalue weighted by atomic mass is 10.1. The molecule has 0 aliphatic rings. The van der Waals surface area contributed by atoms with Crippen LogP contribution in [-0.2, 0) is 13.0 Å². The van der Waals surface area contributed by atoms with Gasteiger partial charge >= 0.3 is 0 Å².